The fraction of sp³-hybridized carbons (Fsp3) is 0.412. The third kappa shape index (κ3) is 4.43. The van der Waals surface area contributed by atoms with Crippen molar-refractivity contribution in [1.82, 2.24) is 4.57 Å². The predicted molar refractivity (Wildman–Crippen MR) is 162 cm³/mol. The monoisotopic (exact) mass is 541 g/mol. The van der Waals surface area contributed by atoms with Gasteiger partial charge in [0, 0.05) is 48.1 Å². The number of rotatable bonds is 9. The maximum absolute atomic E-state index is 14.1. The van der Waals surface area contributed by atoms with Crippen LogP contribution in [-0.2, 0) is 11.3 Å². The summed E-state index contributed by atoms with van der Waals surface area (Å²) in [7, 11) is 3.29. The number of benzene rings is 2. The molecule has 6 nitrogen and oxygen atoms in total. The molecule has 0 radical (unpaired) electrons. The van der Waals surface area contributed by atoms with Gasteiger partial charge in [-0.3, -0.25) is 4.79 Å². The average Bonchev–Trinajstić information content (AvgIpc) is 3.35. The third-order valence-corrected chi connectivity index (χ3v) is 8.35. The first kappa shape index (κ1) is 27.8. The molecule has 0 saturated heterocycles. The largest absolute Gasteiger partial charge is 0.506 e. The second-order valence-electron chi connectivity index (χ2n) is 11.8. The van der Waals surface area contributed by atoms with Gasteiger partial charge in [0.25, 0.3) is 0 Å². The number of nitrogens with zero attached hydrogens (tertiary/aromatic N) is 2. The maximum Gasteiger partial charge on any atom is 0.213 e. The SMILES string of the molecule is COc1ccc2c(c1)/C(=C1/C(=O)C(c3c(C)n(CCC(C)C)c4ccc(OC)cc34)=C1O)C(C)=[N+]2CCC(C)C. The van der Waals surface area contributed by atoms with Crippen molar-refractivity contribution in [2.45, 2.75) is 60.9 Å². The van der Waals surface area contributed by atoms with Gasteiger partial charge in [-0.25, -0.2) is 0 Å². The van der Waals surface area contributed by atoms with E-state index in [1.54, 1.807) is 14.2 Å². The van der Waals surface area contributed by atoms with E-state index in [0.717, 1.165) is 82.1 Å². The van der Waals surface area contributed by atoms with Crippen molar-refractivity contribution < 1.29 is 24.0 Å². The molecule has 1 aliphatic carbocycles. The summed E-state index contributed by atoms with van der Waals surface area (Å²) in [5, 5.41) is 12.6. The molecule has 3 aromatic rings. The quantitative estimate of drug-likeness (QED) is 0.225. The highest BCUT2D eigenvalue weighted by molar-refractivity contribution is 6.47. The molecule has 0 fully saturated rings. The van der Waals surface area contributed by atoms with Gasteiger partial charge < -0.3 is 19.1 Å². The Morgan fingerprint density at radius 2 is 1.52 bits per heavy atom. The molecule has 1 aliphatic heterocycles. The Labute approximate surface area is 237 Å². The summed E-state index contributed by atoms with van der Waals surface area (Å²) in [5.74, 6) is 2.48. The molecule has 0 unspecified atom stereocenters. The molecule has 0 bridgehead atoms. The molecular weight excluding hydrogens is 500 g/mol. The molecule has 6 heteroatoms. The van der Waals surface area contributed by atoms with Crippen LogP contribution in [0.1, 0.15) is 64.3 Å². The topological polar surface area (TPSA) is 63.7 Å². The van der Waals surface area contributed by atoms with Crippen molar-refractivity contribution in [3.05, 3.63) is 64.6 Å². The lowest BCUT2D eigenvalue weighted by Crippen LogP contribution is -2.25. The van der Waals surface area contributed by atoms with E-state index in [-0.39, 0.29) is 11.5 Å². The van der Waals surface area contributed by atoms with Crippen molar-refractivity contribution in [3.8, 4) is 11.5 Å². The van der Waals surface area contributed by atoms with Crippen LogP contribution in [0.5, 0.6) is 11.5 Å². The molecule has 40 heavy (non-hydrogen) atoms. The van der Waals surface area contributed by atoms with Gasteiger partial charge in [-0.15, -0.1) is 0 Å². The maximum atomic E-state index is 14.1. The zero-order chi connectivity index (χ0) is 28.9. The molecule has 5 rings (SSSR count). The second-order valence-corrected chi connectivity index (χ2v) is 11.8. The second kappa shape index (κ2) is 10.6. The molecule has 2 aliphatic rings. The summed E-state index contributed by atoms with van der Waals surface area (Å²) in [4.78, 5) is 14.1. The number of hydrogen-bond donors (Lipinski definition) is 1. The van der Waals surface area contributed by atoms with Crippen molar-refractivity contribution in [2.75, 3.05) is 20.8 Å². The summed E-state index contributed by atoms with van der Waals surface area (Å²) in [6, 6.07) is 12.0. The number of aromatic nitrogens is 1. The number of aliphatic hydroxyl groups excluding tert-OH is 1. The first-order valence-electron chi connectivity index (χ1n) is 14.3. The number of methoxy groups -OCH3 is 2. The lowest BCUT2D eigenvalue weighted by atomic mass is 9.78. The number of fused-ring (bicyclic) bond motifs is 2. The minimum absolute atomic E-state index is 0.0626. The predicted octanol–water partition coefficient (Wildman–Crippen LogP) is 7.48. The lowest BCUT2D eigenvalue weighted by molar-refractivity contribution is -0.439. The van der Waals surface area contributed by atoms with Crippen LogP contribution in [0.3, 0.4) is 0 Å². The first-order valence-corrected chi connectivity index (χ1v) is 14.3. The van der Waals surface area contributed by atoms with Gasteiger partial charge in [-0.1, -0.05) is 27.7 Å². The Balaban J connectivity index is 1.72. The summed E-state index contributed by atoms with van der Waals surface area (Å²) in [5.41, 5.74) is 7.34. The minimum atomic E-state index is -0.125. The van der Waals surface area contributed by atoms with E-state index >= 15 is 0 Å². The van der Waals surface area contributed by atoms with Crippen molar-refractivity contribution in [2.24, 2.45) is 11.8 Å². The average molecular weight is 542 g/mol. The van der Waals surface area contributed by atoms with Crippen molar-refractivity contribution >= 4 is 39.2 Å². The van der Waals surface area contributed by atoms with E-state index in [4.69, 9.17) is 9.47 Å². The van der Waals surface area contributed by atoms with Gasteiger partial charge >= 0.3 is 0 Å². The third-order valence-electron chi connectivity index (χ3n) is 8.35. The normalized spacial score (nSPS) is 17.0. The number of ketones is 1. The first-order chi connectivity index (χ1) is 19.1. The van der Waals surface area contributed by atoms with E-state index in [2.05, 4.69) is 49.0 Å². The molecule has 1 aromatic heterocycles. The summed E-state index contributed by atoms with van der Waals surface area (Å²) < 4.78 is 15.6. The van der Waals surface area contributed by atoms with E-state index in [1.165, 1.54) is 0 Å². The number of aliphatic hydroxyl groups is 1. The molecule has 2 heterocycles. The molecular formula is C34H41N2O4+. The van der Waals surface area contributed by atoms with Gasteiger partial charge in [0.1, 0.15) is 23.8 Å². The highest BCUT2D eigenvalue weighted by atomic mass is 16.5. The van der Waals surface area contributed by atoms with Gasteiger partial charge in [0.2, 0.25) is 11.5 Å². The van der Waals surface area contributed by atoms with Gasteiger partial charge in [-0.2, -0.15) is 4.58 Å². The summed E-state index contributed by atoms with van der Waals surface area (Å²) in [6.45, 7) is 14.6. The number of Topliss-reactive ketones (excluding diaryl/α,β-unsaturated/α-hetero) is 1. The Morgan fingerprint density at radius 1 is 0.875 bits per heavy atom. The fourth-order valence-corrected chi connectivity index (χ4v) is 6.03. The standard InChI is InChI=1S/C34H40N2O4/c1-19(2)13-15-35-21(5)29(25-17-23(39-7)9-11-27(25)35)31-33(37)32(34(31)38)30-22(6)36(16-14-20(3)4)28-12-10-24(40-8)18-26(28)30/h9-12,17-20H,13-16H2,1-8H3/p+1. The van der Waals surface area contributed by atoms with E-state index < -0.39 is 0 Å². The van der Waals surface area contributed by atoms with Crippen LogP contribution in [-0.4, -0.2) is 46.5 Å². The molecule has 210 valence electrons. The van der Waals surface area contributed by atoms with Crippen LogP contribution in [0.4, 0.5) is 5.69 Å². The summed E-state index contributed by atoms with van der Waals surface area (Å²) in [6.07, 6.45) is 2.03. The van der Waals surface area contributed by atoms with Gasteiger partial charge in [0.05, 0.1) is 36.5 Å². The van der Waals surface area contributed by atoms with E-state index in [1.807, 2.05) is 38.1 Å². The van der Waals surface area contributed by atoms with Crippen molar-refractivity contribution in [1.29, 1.82) is 0 Å². The lowest BCUT2D eigenvalue weighted by Gasteiger charge is -2.23. The molecule has 0 atom stereocenters. The number of ether oxygens (including phenoxy) is 2. The molecule has 1 N–H and O–H groups in total. The zero-order valence-corrected chi connectivity index (χ0v) is 25.0. The zero-order valence-electron chi connectivity index (χ0n) is 25.0. The van der Waals surface area contributed by atoms with Gasteiger partial charge in [0.15, 0.2) is 5.71 Å². The van der Waals surface area contributed by atoms with E-state index in [9.17, 15) is 9.90 Å². The van der Waals surface area contributed by atoms with Crippen LogP contribution >= 0.6 is 0 Å². The van der Waals surface area contributed by atoms with Gasteiger partial charge in [-0.05, 0) is 55.5 Å². The number of carbonyl (C=O) groups excluding carboxylic acids is 1. The highest BCUT2D eigenvalue weighted by Gasteiger charge is 2.45. The van der Waals surface area contributed by atoms with Crippen LogP contribution in [0.2, 0.25) is 0 Å². The Bertz CT molecular complexity index is 1610. The Morgan fingerprint density at radius 3 is 2.15 bits per heavy atom. The van der Waals surface area contributed by atoms with Crippen LogP contribution in [0.15, 0.2) is 47.7 Å². The molecule has 0 amide bonds. The van der Waals surface area contributed by atoms with Crippen LogP contribution in [0, 0.1) is 18.8 Å². The summed E-state index contributed by atoms with van der Waals surface area (Å²) >= 11 is 0. The smallest absolute Gasteiger partial charge is 0.213 e. The number of aryl methyl sites for hydroxylation is 1. The minimum Gasteiger partial charge on any atom is -0.506 e. The molecule has 0 spiro atoms. The highest BCUT2D eigenvalue weighted by Crippen LogP contribution is 2.48. The van der Waals surface area contributed by atoms with Crippen LogP contribution in [0.25, 0.3) is 22.0 Å². The number of allylic oxidation sites excluding steroid dienone is 3. The number of carbonyl (C=O) groups is 1. The molecule has 2 aromatic carbocycles. The Kier molecular flexibility index (Phi) is 7.38. The molecule has 0 saturated carbocycles. The van der Waals surface area contributed by atoms with Crippen LogP contribution < -0.4 is 9.47 Å². The number of hydrogen-bond acceptors (Lipinski definition) is 4. The Hall–Kier alpha value is -3.80. The van der Waals surface area contributed by atoms with Crippen molar-refractivity contribution in [3.63, 3.8) is 0 Å². The van der Waals surface area contributed by atoms with E-state index in [0.29, 0.717) is 23.0 Å². The fourth-order valence-electron chi connectivity index (χ4n) is 6.03.